The van der Waals surface area contributed by atoms with Crippen molar-refractivity contribution >= 4 is 38.9 Å². The van der Waals surface area contributed by atoms with E-state index in [0.717, 1.165) is 17.5 Å². The van der Waals surface area contributed by atoms with Gasteiger partial charge in [0, 0.05) is 13.0 Å². The summed E-state index contributed by atoms with van der Waals surface area (Å²) in [4.78, 5) is 25.2. The number of fused-ring (bicyclic) bond motifs is 1. The first kappa shape index (κ1) is 15.2. The predicted octanol–water partition coefficient (Wildman–Crippen LogP) is 3.26. The SMILES string of the molecule is O=C(O)CCCCCNc1ccc2scnc2c1[N+](=O)[O-]. The Morgan fingerprint density at radius 2 is 2.19 bits per heavy atom. The van der Waals surface area contributed by atoms with Crippen molar-refractivity contribution in [3.63, 3.8) is 0 Å². The van der Waals surface area contributed by atoms with Gasteiger partial charge < -0.3 is 10.4 Å². The van der Waals surface area contributed by atoms with Gasteiger partial charge in [-0.2, -0.15) is 0 Å². The van der Waals surface area contributed by atoms with Crippen LogP contribution in [0.25, 0.3) is 10.2 Å². The van der Waals surface area contributed by atoms with Crippen LogP contribution in [0.1, 0.15) is 25.7 Å². The molecule has 0 radical (unpaired) electrons. The summed E-state index contributed by atoms with van der Waals surface area (Å²) >= 11 is 1.37. The molecule has 21 heavy (non-hydrogen) atoms. The van der Waals surface area contributed by atoms with E-state index < -0.39 is 10.9 Å². The number of nitrogens with zero attached hydrogens (tertiary/aromatic N) is 2. The number of carboxylic acid groups (broad SMARTS) is 1. The first-order valence-corrected chi connectivity index (χ1v) is 7.44. The van der Waals surface area contributed by atoms with E-state index in [2.05, 4.69) is 10.3 Å². The van der Waals surface area contributed by atoms with E-state index in [9.17, 15) is 14.9 Å². The molecule has 2 aromatic rings. The maximum absolute atomic E-state index is 11.2. The fourth-order valence-corrected chi connectivity index (χ4v) is 2.72. The lowest BCUT2D eigenvalue weighted by atomic mass is 10.2. The number of anilines is 1. The molecule has 0 aliphatic rings. The average Bonchev–Trinajstić information content (AvgIpc) is 2.89. The smallest absolute Gasteiger partial charge is 0.319 e. The Labute approximate surface area is 124 Å². The fraction of sp³-hybridized carbons (Fsp3) is 0.385. The number of carboxylic acids is 1. The average molecular weight is 309 g/mol. The van der Waals surface area contributed by atoms with Gasteiger partial charge >= 0.3 is 11.7 Å². The van der Waals surface area contributed by atoms with E-state index in [0.29, 0.717) is 24.2 Å². The van der Waals surface area contributed by atoms with Gasteiger partial charge in [0.05, 0.1) is 15.1 Å². The molecule has 8 heteroatoms. The monoisotopic (exact) mass is 309 g/mol. The summed E-state index contributed by atoms with van der Waals surface area (Å²) in [6, 6.07) is 3.50. The van der Waals surface area contributed by atoms with E-state index in [4.69, 9.17) is 5.11 Å². The summed E-state index contributed by atoms with van der Waals surface area (Å²) in [6.07, 6.45) is 2.31. The molecule has 0 saturated carbocycles. The molecule has 0 aliphatic carbocycles. The standard InChI is InChI=1S/C13H15N3O4S/c17-11(18)4-2-1-3-7-14-9-5-6-10-12(15-8-21-10)13(9)16(19)20/h5-6,8,14H,1-4,7H2,(H,17,18). The molecule has 2 rings (SSSR count). The summed E-state index contributed by atoms with van der Waals surface area (Å²) in [5.74, 6) is -0.799. The Kier molecular flexibility index (Phi) is 5.04. The van der Waals surface area contributed by atoms with Crippen molar-refractivity contribution in [2.24, 2.45) is 0 Å². The van der Waals surface area contributed by atoms with Gasteiger partial charge in [0.25, 0.3) is 0 Å². The molecule has 1 heterocycles. The van der Waals surface area contributed by atoms with Crippen LogP contribution >= 0.6 is 11.3 Å². The number of hydrogen-bond donors (Lipinski definition) is 2. The first-order valence-electron chi connectivity index (χ1n) is 6.56. The first-order chi connectivity index (χ1) is 10.1. The molecular formula is C13H15N3O4S. The molecule has 0 fully saturated rings. The summed E-state index contributed by atoms with van der Waals surface area (Å²) in [5, 5.41) is 22.8. The van der Waals surface area contributed by atoms with Gasteiger partial charge in [0.2, 0.25) is 0 Å². The quantitative estimate of drug-likeness (QED) is 0.440. The van der Waals surface area contributed by atoms with Crippen LogP contribution in [0.5, 0.6) is 0 Å². The van der Waals surface area contributed by atoms with Gasteiger partial charge in [-0.15, -0.1) is 11.3 Å². The van der Waals surface area contributed by atoms with E-state index in [1.54, 1.807) is 11.6 Å². The second-order valence-electron chi connectivity index (χ2n) is 4.55. The van der Waals surface area contributed by atoms with Crippen LogP contribution in [0.3, 0.4) is 0 Å². The topological polar surface area (TPSA) is 105 Å². The highest BCUT2D eigenvalue weighted by Gasteiger charge is 2.20. The van der Waals surface area contributed by atoms with Gasteiger partial charge in [0.1, 0.15) is 5.69 Å². The summed E-state index contributed by atoms with van der Waals surface area (Å²) in [7, 11) is 0. The lowest BCUT2D eigenvalue weighted by molar-refractivity contribution is -0.382. The third-order valence-electron chi connectivity index (χ3n) is 3.04. The molecule has 0 atom stereocenters. The minimum Gasteiger partial charge on any atom is -0.481 e. The van der Waals surface area contributed by atoms with Crippen LogP contribution < -0.4 is 5.32 Å². The number of thiazole rings is 1. The molecule has 1 aromatic carbocycles. The van der Waals surface area contributed by atoms with Crippen molar-refractivity contribution in [1.82, 2.24) is 4.98 Å². The van der Waals surface area contributed by atoms with Crippen molar-refractivity contribution in [3.8, 4) is 0 Å². The number of nitro benzene ring substituents is 1. The van der Waals surface area contributed by atoms with Gasteiger partial charge in [-0.1, -0.05) is 6.42 Å². The highest BCUT2D eigenvalue weighted by Crippen LogP contribution is 2.34. The number of aromatic nitrogens is 1. The minimum atomic E-state index is -0.799. The van der Waals surface area contributed by atoms with Crippen molar-refractivity contribution < 1.29 is 14.8 Å². The maximum Gasteiger partial charge on any atom is 0.319 e. The second-order valence-corrected chi connectivity index (χ2v) is 5.44. The molecule has 7 nitrogen and oxygen atoms in total. The van der Waals surface area contributed by atoms with E-state index in [1.807, 2.05) is 6.07 Å². The summed E-state index contributed by atoms with van der Waals surface area (Å²) in [5.41, 5.74) is 2.45. The predicted molar refractivity (Wildman–Crippen MR) is 80.9 cm³/mol. The van der Waals surface area contributed by atoms with Crippen molar-refractivity contribution in [1.29, 1.82) is 0 Å². The number of carbonyl (C=O) groups is 1. The normalized spacial score (nSPS) is 10.7. The molecule has 0 bridgehead atoms. The van der Waals surface area contributed by atoms with Crippen LogP contribution in [0.2, 0.25) is 0 Å². The number of benzene rings is 1. The number of aliphatic carboxylic acids is 1. The Hall–Kier alpha value is -2.22. The molecule has 1 aromatic heterocycles. The maximum atomic E-state index is 11.2. The van der Waals surface area contributed by atoms with Crippen LogP contribution in [-0.4, -0.2) is 27.5 Å². The molecule has 0 spiro atoms. The molecule has 0 amide bonds. The van der Waals surface area contributed by atoms with Crippen LogP contribution in [0.15, 0.2) is 17.6 Å². The van der Waals surface area contributed by atoms with Crippen LogP contribution in [0, 0.1) is 10.1 Å². The molecular weight excluding hydrogens is 294 g/mol. The van der Waals surface area contributed by atoms with Gasteiger partial charge in [0.15, 0.2) is 5.52 Å². The zero-order valence-corrected chi connectivity index (χ0v) is 12.1. The number of unbranched alkanes of at least 4 members (excludes halogenated alkanes) is 2. The molecule has 0 saturated heterocycles. The zero-order chi connectivity index (χ0) is 15.2. The van der Waals surface area contributed by atoms with Crippen molar-refractivity contribution in [2.45, 2.75) is 25.7 Å². The second kappa shape index (κ2) is 6.98. The lowest BCUT2D eigenvalue weighted by Crippen LogP contribution is -2.05. The minimum absolute atomic E-state index is 0.000661. The third-order valence-corrected chi connectivity index (χ3v) is 3.84. The Balaban J connectivity index is 1.97. The van der Waals surface area contributed by atoms with E-state index >= 15 is 0 Å². The number of hydrogen-bond acceptors (Lipinski definition) is 6. The summed E-state index contributed by atoms with van der Waals surface area (Å²) in [6.45, 7) is 0.566. The third kappa shape index (κ3) is 3.88. The number of nitro groups is 1. The highest BCUT2D eigenvalue weighted by atomic mass is 32.1. The van der Waals surface area contributed by atoms with E-state index in [1.165, 1.54) is 11.3 Å². The molecule has 2 N–H and O–H groups in total. The fourth-order valence-electron chi connectivity index (χ4n) is 2.05. The van der Waals surface area contributed by atoms with Gasteiger partial charge in [-0.25, -0.2) is 4.98 Å². The lowest BCUT2D eigenvalue weighted by Gasteiger charge is -2.07. The van der Waals surface area contributed by atoms with Crippen molar-refractivity contribution in [2.75, 3.05) is 11.9 Å². The highest BCUT2D eigenvalue weighted by molar-refractivity contribution is 7.16. The van der Waals surface area contributed by atoms with Gasteiger partial charge in [-0.05, 0) is 25.0 Å². The number of nitrogens with one attached hydrogen (secondary N) is 1. The van der Waals surface area contributed by atoms with Gasteiger partial charge in [-0.3, -0.25) is 14.9 Å². The van der Waals surface area contributed by atoms with Crippen LogP contribution in [0.4, 0.5) is 11.4 Å². The Morgan fingerprint density at radius 3 is 2.90 bits per heavy atom. The Morgan fingerprint density at radius 1 is 1.38 bits per heavy atom. The van der Waals surface area contributed by atoms with E-state index in [-0.39, 0.29) is 12.1 Å². The van der Waals surface area contributed by atoms with Crippen molar-refractivity contribution in [3.05, 3.63) is 27.8 Å². The summed E-state index contributed by atoms with van der Waals surface area (Å²) < 4.78 is 0.786. The molecule has 112 valence electrons. The van der Waals surface area contributed by atoms with Crippen LogP contribution in [-0.2, 0) is 4.79 Å². The zero-order valence-electron chi connectivity index (χ0n) is 11.2. The largest absolute Gasteiger partial charge is 0.481 e. The number of rotatable bonds is 8. The molecule has 0 unspecified atom stereocenters. The molecule has 0 aliphatic heterocycles. The Bertz CT molecular complexity index is 656.